The number of fused-ring (bicyclic) bond motifs is 1. The van der Waals surface area contributed by atoms with Gasteiger partial charge < -0.3 is 5.31 Å². The molecule has 4 rings (SSSR count). The second kappa shape index (κ2) is 7.77. The summed E-state index contributed by atoms with van der Waals surface area (Å²) < 4.78 is 48.5. The summed E-state index contributed by atoms with van der Waals surface area (Å²) >= 11 is 7.18. The lowest BCUT2D eigenvalue weighted by Gasteiger charge is -2.32. The number of aromatic nitrogens is 2. The number of nitrogens with one attached hydrogen (secondary N) is 1. The van der Waals surface area contributed by atoms with Gasteiger partial charge in [0.1, 0.15) is 22.8 Å². The summed E-state index contributed by atoms with van der Waals surface area (Å²) in [4.78, 5) is 10.4. The number of hydrogen-bond donors (Lipinski definition) is 1. The SMILES string of the molecule is [2H]c1c(Cl)sc2ncnc(N([2H])C3([2H])CCN(C([2H])c4cc(C#N)ccc4F)CC3)c12. The highest BCUT2D eigenvalue weighted by atomic mass is 35.5. The van der Waals surface area contributed by atoms with Crippen LogP contribution in [0.25, 0.3) is 10.2 Å². The standard InChI is InChI=1S/C19H17ClFN5S/c20-17-8-15-18(23-11-24-19(15)27-17)25-14-3-5-26(6-4-14)10-13-7-12(9-22)1-2-16(13)21/h1-2,7-8,11,14H,3-6,10H2,(H,23,24,25)/i8D,10D,14D/hD. The summed E-state index contributed by atoms with van der Waals surface area (Å²) in [5, 5.41) is 10.4. The molecule has 1 aliphatic rings. The predicted molar refractivity (Wildman–Crippen MR) is 105 cm³/mol. The summed E-state index contributed by atoms with van der Waals surface area (Å²) in [6.07, 6.45) is 1.71. The van der Waals surface area contributed by atoms with Gasteiger partial charge in [-0.2, -0.15) is 5.26 Å². The van der Waals surface area contributed by atoms with Gasteiger partial charge in [-0.1, -0.05) is 11.6 Å². The molecule has 8 heteroatoms. The van der Waals surface area contributed by atoms with Gasteiger partial charge in [-0.05, 0) is 37.1 Å². The maximum absolute atomic E-state index is 14.2. The Balaban J connectivity index is 1.55. The Kier molecular flexibility index (Phi) is 3.98. The summed E-state index contributed by atoms with van der Waals surface area (Å²) in [5.41, 5.74) is 0.398. The van der Waals surface area contributed by atoms with Gasteiger partial charge >= 0.3 is 0 Å². The second-order valence-electron chi connectivity index (χ2n) is 6.07. The van der Waals surface area contributed by atoms with Gasteiger partial charge in [0.25, 0.3) is 0 Å². The Morgan fingerprint density at radius 2 is 2.33 bits per heavy atom. The number of anilines is 1. The van der Waals surface area contributed by atoms with E-state index < -0.39 is 18.4 Å². The quantitative estimate of drug-likeness (QED) is 0.695. The number of benzene rings is 1. The molecule has 5 nitrogen and oxygen atoms in total. The number of likely N-dealkylation sites (tertiary alicyclic amines) is 1. The van der Waals surface area contributed by atoms with Crippen molar-refractivity contribution in [3.8, 4) is 6.07 Å². The number of hydrogen-bond acceptors (Lipinski definition) is 6. The summed E-state index contributed by atoms with van der Waals surface area (Å²) in [6, 6.07) is 4.58. The fourth-order valence-corrected chi connectivity index (χ4v) is 3.90. The van der Waals surface area contributed by atoms with Crippen molar-refractivity contribution in [1.82, 2.24) is 14.9 Å². The fraction of sp³-hybridized carbons (Fsp3) is 0.316. The van der Waals surface area contributed by atoms with E-state index in [0.29, 0.717) is 10.2 Å². The number of rotatable bonds is 4. The van der Waals surface area contributed by atoms with Crippen molar-refractivity contribution in [2.45, 2.75) is 25.4 Å². The van der Waals surface area contributed by atoms with Crippen molar-refractivity contribution in [2.24, 2.45) is 0 Å². The molecule has 0 saturated carbocycles. The highest BCUT2D eigenvalue weighted by Gasteiger charge is 2.21. The molecule has 0 spiro atoms. The molecular formula is C19H17ClFN5S. The number of nitriles is 1. The Bertz CT molecular complexity index is 1180. The molecule has 1 aliphatic heterocycles. The maximum atomic E-state index is 14.2. The van der Waals surface area contributed by atoms with Gasteiger partial charge in [-0.15, -0.1) is 11.3 Å². The van der Waals surface area contributed by atoms with Crippen LogP contribution < -0.4 is 5.31 Å². The molecule has 1 saturated heterocycles. The van der Waals surface area contributed by atoms with Crippen molar-refractivity contribution in [2.75, 3.05) is 18.4 Å². The first-order chi connectivity index (χ1) is 14.7. The number of piperidine rings is 1. The molecule has 0 radical (unpaired) electrons. The maximum Gasteiger partial charge on any atom is 0.162 e. The van der Waals surface area contributed by atoms with Crippen LogP contribution in [0.5, 0.6) is 0 Å². The molecule has 2 aromatic heterocycles. The van der Waals surface area contributed by atoms with Gasteiger partial charge in [-0.3, -0.25) is 4.90 Å². The normalized spacial score (nSPS) is 20.2. The highest BCUT2D eigenvalue weighted by molar-refractivity contribution is 7.22. The topological polar surface area (TPSA) is 64.8 Å². The molecule has 1 N–H and O–H groups in total. The fourth-order valence-electron chi connectivity index (χ4n) is 2.92. The van der Waals surface area contributed by atoms with Crippen molar-refractivity contribution < 1.29 is 9.91 Å². The van der Waals surface area contributed by atoms with E-state index in [-0.39, 0.29) is 53.3 Å². The minimum absolute atomic E-state index is 0.0367. The third kappa shape index (κ3) is 4.03. The van der Waals surface area contributed by atoms with Crippen molar-refractivity contribution in [3.05, 3.63) is 51.8 Å². The molecule has 138 valence electrons. The van der Waals surface area contributed by atoms with E-state index in [0.717, 1.165) is 16.6 Å². The van der Waals surface area contributed by atoms with E-state index in [4.69, 9.17) is 22.4 Å². The minimum atomic E-state index is -1.34. The van der Waals surface area contributed by atoms with Crippen molar-refractivity contribution >= 4 is 39.0 Å². The molecule has 1 fully saturated rings. The van der Waals surface area contributed by atoms with Crippen LogP contribution in [0.15, 0.2) is 30.6 Å². The van der Waals surface area contributed by atoms with Gasteiger partial charge in [0.05, 0.1) is 24.1 Å². The van der Waals surface area contributed by atoms with Crippen molar-refractivity contribution in [1.29, 1.82) is 5.26 Å². The highest BCUT2D eigenvalue weighted by Crippen LogP contribution is 2.32. The average molecular weight is 406 g/mol. The molecule has 3 aromatic rings. The van der Waals surface area contributed by atoms with E-state index in [1.807, 2.05) is 6.07 Å². The minimum Gasteiger partial charge on any atom is -0.367 e. The van der Waals surface area contributed by atoms with Crippen LogP contribution in [-0.4, -0.2) is 34.0 Å². The van der Waals surface area contributed by atoms with Gasteiger partial charge in [0, 0.05) is 32.6 Å². The van der Waals surface area contributed by atoms with E-state index in [1.165, 1.54) is 24.5 Å². The largest absolute Gasteiger partial charge is 0.367 e. The molecule has 0 amide bonds. The Labute approximate surface area is 171 Å². The second-order valence-corrected chi connectivity index (χ2v) is 7.67. The summed E-state index contributed by atoms with van der Waals surface area (Å²) in [5.74, 6) is -0.402. The lowest BCUT2D eigenvalue weighted by Crippen LogP contribution is -2.39. The van der Waals surface area contributed by atoms with Gasteiger partial charge in [0.2, 0.25) is 0 Å². The predicted octanol–water partition coefficient (Wildman–Crippen LogP) is 4.43. The lowest BCUT2D eigenvalue weighted by atomic mass is 10.0. The third-order valence-electron chi connectivity index (χ3n) is 4.29. The summed E-state index contributed by atoms with van der Waals surface area (Å²) in [6.45, 7) is -0.441. The Morgan fingerprint density at radius 1 is 1.52 bits per heavy atom. The first kappa shape index (κ1) is 13.8. The average Bonchev–Trinajstić information content (AvgIpc) is 3.07. The molecule has 27 heavy (non-hydrogen) atoms. The first-order valence-electron chi connectivity index (χ1n) is 10.3. The van der Waals surface area contributed by atoms with Gasteiger partial charge in [-0.25, -0.2) is 14.4 Å². The number of nitrogens with zero attached hydrogens (tertiary/aromatic N) is 4. The van der Waals surface area contributed by atoms with Crippen LogP contribution in [0.2, 0.25) is 5.75 Å². The van der Waals surface area contributed by atoms with Crippen LogP contribution >= 0.6 is 22.9 Å². The number of halogens is 2. The monoisotopic (exact) mass is 405 g/mol. The van der Waals surface area contributed by atoms with Crippen LogP contribution in [-0.2, 0) is 6.52 Å². The van der Waals surface area contributed by atoms with E-state index in [9.17, 15) is 4.39 Å². The molecule has 3 heterocycles. The molecule has 1 atom stereocenters. The van der Waals surface area contributed by atoms with Crippen LogP contribution in [0.3, 0.4) is 0 Å². The summed E-state index contributed by atoms with van der Waals surface area (Å²) in [7, 11) is 0. The van der Waals surface area contributed by atoms with Crippen LogP contribution in [0.1, 0.15) is 28.1 Å². The molecule has 0 bridgehead atoms. The van der Waals surface area contributed by atoms with Crippen molar-refractivity contribution in [3.63, 3.8) is 0 Å². The van der Waals surface area contributed by atoms with E-state index in [2.05, 4.69) is 9.97 Å². The van der Waals surface area contributed by atoms with Crippen LogP contribution in [0, 0.1) is 17.1 Å². The third-order valence-corrected chi connectivity index (χ3v) is 5.40. The zero-order chi connectivity index (χ0) is 22.3. The van der Waals surface area contributed by atoms with E-state index in [1.54, 1.807) is 4.90 Å². The lowest BCUT2D eigenvalue weighted by molar-refractivity contribution is 0.209. The first-order valence-corrected chi connectivity index (χ1v) is 9.49. The Hall–Kier alpha value is -2.27. The molecule has 1 aromatic carbocycles. The van der Waals surface area contributed by atoms with Gasteiger partial charge in [0.15, 0.2) is 1.41 Å². The zero-order valence-corrected chi connectivity index (χ0v) is 15.7. The molecular weight excluding hydrogens is 385 g/mol. The molecule has 1 unspecified atom stereocenters. The molecule has 0 aliphatic carbocycles. The van der Waals surface area contributed by atoms with E-state index >= 15 is 0 Å². The Morgan fingerprint density at radius 3 is 3.11 bits per heavy atom. The number of thiophene rings is 1. The zero-order valence-electron chi connectivity index (χ0n) is 18.1. The van der Waals surface area contributed by atoms with Crippen LogP contribution in [0.4, 0.5) is 10.2 Å². The smallest absolute Gasteiger partial charge is 0.162 e.